The number of aryl methyl sites for hydroxylation is 1. The first-order valence-corrected chi connectivity index (χ1v) is 6.91. The second-order valence-corrected chi connectivity index (χ2v) is 5.56. The van der Waals surface area contributed by atoms with Gasteiger partial charge in [-0.3, -0.25) is 4.79 Å². The van der Waals surface area contributed by atoms with Gasteiger partial charge in [0.15, 0.2) is 0 Å². The predicted molar refractivity (Wildman–Crippen MR) is 78.8 cm³/mol. The highest BCUT2D eigenvalue weighted by molar-refractivity contribution is 7.09. The number of amides is 1. The van der Waals surface area contributed by atoms with Crippen LogP contribution in [0.25, 0.3) is 0 Å². The van der Waals surface area contributed by atoms with Gasteiger partial charge in [-0.2, -0.15) is 0 Å². The van der Waals surface area contributed by atoms with Crippen molar-refractivity contribution >= 4 is 22.9 Å². The van der Waals surface area contributed by atoms with Crippen molar-refractivity contribution in [1.29, 1.82) is 0 Å². The number of hydrogen-bond acceptors (Lipinski definition) is 4. The minimum atomic E-state index is -0.125. The zero-order chi connectivity index (χ0) is 13.8. The van der Waals surface area contributed by atoms with E-state index in [1.165, 1.54) is 11.3 Å². The Morgan fingerprint density at radius 2 is 2.21 bits per heavy atom. The summed E-state index contributed by atoms with van der Waals surface area (Å²) in [5.74, 6) is -0.125. The Balaban J connectivity index is 1.99. The quantitative estimate of drug-likeness (QED) is 0.932. The molecule has 0 saturated carbocycles. The molecule has 1 heterocycles. The molecular formula is C14H17N3OS. The fourth-order valence-corrected chi connectivity index (χ4v) is 2.28. The lowest BCUT2D eigenvalue weighted by Gasteiger charge is -2.13. The first-order valence-electron chi connectivity index (χ1n) is 6.03. The molecule has 0 bridgehead atoms. The molecule has 2 aromatic rings. The normalized spacial score (nSPS) is 10.3. The van der Waals surface area contributed by atoms with E-state index in [2.05, 4.69) is 16.4 Å². The van der Waals surface area contributed by atoms with E-state index in [0.717, 1.165) is 16.3 Å². The minimum absolute atomic E-state index is 0.125. The predicted octanol–water partition coefficient (Wildman–Crippen LogP) is 2.45. The van der Waals surface area contributed by atoms with Crippen LogP contribution >= 0.6 is 11.3 Å². The third-order valence-electron chi connectivity index (χ3n) is 2.73. The molecule has 0 radical (unpaired) electrons. The summed E-state index contributed by atoms with van der Waals surface area (Å²) in [5.41, 5.74) is 2.69. The van der Waals surface area contributed by atoms with E-state index in [4.69, 9.17) is 0 Å². The molecule has 0 atom stereocenters. The molecule has 2 rings (SSSR count). The average Bonchev–Trinajstić information content (AvgIpc) is 2.83. The second kappa shape index (κ2) is 5.84. The number of rotatable bonds is 4. The van der Waals surface area contributed by atoms with Crippen molar-refractivity contribution < 1.29 is 4.79 Å². The summed E-state index contributed by atoms with van der Waals surface area (Å²) >= 11 is 1.48. The maximum Gasteiger partial charge on any atom is 0.271 e. The van der Waals surface area contributed by atoms with Gasteiger partial charge in [0.25, 0.3) is 5.91 Å². The van der Waals surface area contributed by atoms with Gasteiger partial charge in [0.05, 0.1) is 5.01 Å². The molecule has 1 aromatic heterocycles. The molecule has 0 saturated heterocycles. The van der Waals surface area contributed by atoms with Crippen molar-refractivity contribution in [3.63, 3.8) is 0 Å². The Bertz CT molecular complexity index is 578. The Labute approximate surface area is 117 Å². The second-order valence-electron chi connectivity index (χ2n) is 4.50. The molecule has 4 nitrogen and oxygen atoms in total. The number of nitrogens with zero attached hydrogens (tertiary/aromatic N) is 2. The maximum absolute atomic E-state index is 11.9. The SMILES string of the molecule is Cc1nc(C(=O)NCc2cccc(N(C)C)c2)cs1. The molecule has 0 aliphatic rings. The summed E-state index contributed by atoms with van der Waals surface area (Å²) in [5, 5.41) is 5.56. The molecule has 19 heavy (non-hydrogen) atoms. The van der Waals surface area contributed by atoms with E-state index >= 15 is 0 Å². The summed E-state index contributed by atoms with van der Waals surface area (Å²) in [6.07, 6.45) is 0. The molecule has 5 heteroatoms. The molecule has 1 N–H and O–H groups in total. The number of benzene rings is 1. The van der Waals surface area contributed by atoms with E-state index < -0.39 is 0 Å². The van der Waals surface area contributed by atoms with Crippen molar-refractivity contribution in [2.24, 2.45) is 0 Å². The lowest BCUT2D eigenvalue weighted by atomic mass is 10.2. The number of hydrogen-bond donors (Lipinski definition) is 1. The zero-order valence-electron chi connectivity index (χ0n) is 11.3. The fourth-order valence-electron chi connectivity index (χ4n) is 1.69. The van der Waals surface area contributed by atoms with Gasteiger partial charge in [0.1, 0.15) is 5.69 Å². The number of anilines is 1. The first kappa shape index (κ1) is 13.5. The third kappa shape index (κ3) is 3.54. The van der Waals surface area contributed by atoms with Crippen LogP contribution in [0.4, 0.5) is 5.69 Å². The van der Waals surface area contributed by atoms with Crippen LogP contribution < -0.4 is 10.2 Å². The van der Waals surface area contributed by atoms with Crippen LogP contribution in [0.3, 0.4) is 0 Å². The van der Waals surface area contributed by atoms with Gasteiger partial charge in [-0.15, -0.1) is 11.3 Å². The molecule has 1 aromatic carbocycles. The molecule has 0 spiro atoms. The van der Waals surface area contributed by atoms with Gasteiger partial charge in [-0.1, -0.05) is 12.1 Å². The van der Waals surface area contributed by atoms with Crippen molar-refractivity contribution in [3.8, 4) is 0 Å². The van der Waals surface area contributed by atoms with Gasteiger partial charge in [-0.25, -0.2) is 4.98 Å². The van der Waals surface area contributed by atoms with Gasteiger partial charge >= 0.3 is 0 Å². The summed E-state index contributed by atoms with van der Waals surface area (Å²) in [6.45, 7) is 2.40. The Morgan fingerprint density at radius 3 is 2.84 bits per heavy atom. The number of carbonyl (C=O) groups excluding carboxylic acids is 1. The lowest BCUT2D eigenvalue weighted by molar-refractivity contribution is 0.0946. The average molecular weight is 275 g/mol. The largest absolute Gasteiger partial charge is 0.378 e. The van der Waals surface area contributed by atoms with Gasteiger partial charge in [-0.05, 0) is 24.6 Å². The number of aromatic nitrogens is 1. The summed E-state index contributed by atoms with van der Waals surface area (Å²) in [4.78, 5) is 18.1. The zero-order valence-corrected chi connectivity index (χ0v) is 12.1. The van der Waals surface area contributed by atoms with Crippen LogP contribution in [0.15, 0.2) is 29.6 Å². The van der Waals surface area contributed by atoms with Gasteiger partial charge in [0.2, 0.25) is 0 Å². The lowest BCUT2D eigenvalue weighted by Crippen LogP contribution is -2.23. The number of nitrogens with one attached hydrogen (secondary N) is 1. The highest BCUT2D eigenvalue weighted by Crippen LogP contribution is 2.13. The van der Waals surface area contributed by atoms with E-state index in [1.54, 1.807) is 5.38 Å². The Kier molecular flexibility index (Phi) is 4.16. The minimum Gasteiger partial charge on any atom is -0.378 e. The molecule has 0 aliphatic heterocycles. The topological polar surface area (TPSA) is 45.2 Å². The summed E-state index contributed by atoms with van der Waals surface area (Å²) in [7, 11) is 3.99. The highest BCUT2D eigenvalue weighted by Gasteiger charge is 2.08. The van der Waals surface area contributed by atoms with E-state index in [0.29, 0.717) is 12.2 Å². The monoisotopic (exact) mass is 275 g/mol. The Morgan fingerprint density at radius 1 is 1.42 bits per heavy atom. The smallest absolute Gasteiger partial charge is 0.271 e. The van der Waals surface area contributed by atoms with E-state index in [9.17, 15) is 4.79 Å². The maximum atomic E-state index is 11.9. The molecule has 1 amide bonds. The third-order valence-corrected chi connectivity index (χ3v) is 3.51. The van der Waals surface area contributed by atoms with Crippen molar-refractivity contribution in [1.82, 2.24) is 10.3 Å². The molecular weight excluding hydrogens is 258 g/mol. The standard InChI is InChI=1S/C14H17N3OS/c1-10-16-13(9-19-10)14(18)15-8-11-5-4-6-12(7-11)17(2)3/h4-7,9H,8H2,1-3H3,(H,15,18). The van der Waals surface area contributed by atoms with Crippen molar-refractivity contribution in [3.05, 3.63) is 45.9 Å². The van der Waals surface area contributed by atoms with Gasteiger partial charge in [0, 0.05) is 31.7 Å². The Hall–Kier alpha value is -1.88. The summed E-state index contributed by atoms with van der Waals surface area (Å²) < 4.78 is 0. The van der Waals surface area contributed by atoms with Crippen molar-refractivity contribution in [2.45, 2.75) is 13.5 Å². The van der Waals surface area contributed by atoms with Crippen LogP contribution in [0.2, 0.25) is 0 Å². The van der Waals surface area contributed by atoms with Crippen LogP contribution in [0, 0.1) is 6.92 Å². The van der Waals surface area contributed by atoms with E-state index in [-0.39, 0.29) is 5.91 Å². The summed E-state index contributed by atoms with van der Waals surface area (Å²) in [6, 6.07) is 8.09. The number of carbonyl (C=O) groups is 1. The molecule has 0 fully saturated rings. The van der Waals surface area contributed by atoms with Crippen LogP contribution in [0.5, 0.6) is 0 Å². The molecule has 0 aliphatic carbocycles. The van der Waals surface area contributed by atoms with E-state index in [1.807, 2.05) is 44.1 Å². The first-order chi connectivity index (χ1) is 9.06. The van der Waals surface area contributed by atoms with Gasteiger partial charge < -0.3 is 10.2 Å². The fraction of sp³-hybridized carbons (Fsp3) is 0.286. The van der Waals surface area contributed by atoms with Crippen LogP contribution in [-0.4, -0.2) is 25.0 Å². The molecule has 100 valence electrons. The van der Waals surface area contributed by atoms with Crippen LogP contribution in [-0.2, 0) is 6.54 Å². The number of thiazole rings is 1. The van der Waals surface area contributed by atoms with Crippen LogP contribution in [0.1, 0.15) is 21.1 Å². The molecule has 0 unspecified atom stereocenters. The highest BCUT2D eigenvalue weighted by atomic mass is 32.1. The van der Waals surface area contributed by atoms with Crippen molar-refractivity contribution in [2.75, 3.05) is 19.0 Å².